The van der Waals surface area contributed by atoms with Gasteiger partial charge >= 0.3 is 11.9 Å². The van der Waals surface area contributed by atoms with Crippen molar-refractivity contribution in [1.82, 2.24) is 10.0 Å². The number of benzene rings is 1. The molecule has 0 amide bonds. The highest BCUT2D eigenvalue weighted by atomic mass is 32.2. The summed E-state index contributed by atoms with van der Waals surface area (Å²) in [6.45, 7) is 1.09. The smallest absolute Gasteiger partial charge is 0.336 e. The molecule has 0 aliphatic carbocycles. The SMILES string of the molecule is Cc1ccc(S(=O)(=O)NC(NCC(=O)O)C(=O)O)cc1. The van der Waals surface area contributed by atoms with E-state index in [1.165, 1.54) is 12.1 Å². The van der Waals surface area contributed by atoms with E-state index in [1.54, 1.807) is 19.1 Å². The molecule has 20 heavy (non-hydrogen) atoms. The van der Waals surface area contributed by atoms with E-state index in [0.29, 0.717) is 0 Å². The van der Waals surface area contributed by atoms with E-state index in [4.69, 9.17) is 10.2 Å². The summed E-state index contributed by atoms with van der Waals surface area (Å²) in [5, 5.41) is 19.4. The van der Waals surface area contributed by atoms with Crippen LogP contribution in [0.15, 0.2) is 29.2 Å². The van der Waals surface area contributed by atoms with Gasteiger partial charge in [-0.3, -0.25) is 10.1 Å². The third-order valence-electron chi connectivity index (χ3n) is 2.31. The fourth-order valence-corrected chi connectivity index (χ4v) is 2.43. The Morgan fingerprint density at radius 3 is 2.20 bits per heavy atom. The van der Waals surface area contributed by atoms with Crippen LogP contribution >= 0.6 is 0 Å². The van der Waals surface area contributed by atoms with E-state index in [-0.39, 0.29) is 4.90 Å². The summed E-state index contributed by atoms with van der Waals surface area (Å²) in [5.41, 5.74) is 0.850. The largest absolute Gasteiger partial charge is 0.480 e. The van der Waals surface area contributed by atoms with Gasteiger partial charge in [-0.15, -0.1) is 0 Å². The second-order valence-electron chi connectivity index (χ2n) is 3.98. The zero-order valence-corrected chi connectivity index (χ0v) is 11.3. The fourth-order valence-electron chi connectivity index (χ4n) is 1.31. The highest BCUT2D eigenvalue weighted by Crippen LogP contribution is 2.10. The molecule has 9 heteroatoms. The molecule has 0 aliphatic heterocycles. The van der Waals surface area contributed by atoms with Gasteiger partial charge < -0.3 is 10.2 Å². The van der Waals surface area contributed by atoms with Gasteiger partial charge in [0, 0.05) is 0 Å². The Kier molecular flexibility index (Phi) is 5.19. The molecule has 0 saturated heterocycles. The number of hydrogen-bond donors (Lipinski definition) is 4. The molecule has 0 spiro atoms. The van der Waals surface area contributed by atoms with Crippen molar-refractivity contribution in [3.05, 3.63) is 29.8 Å². The molecular formula is C11H14N2O6S. The topological polar surface area (TPSA) is 133 Å². The van der Waals surface area contributed by atoms with Gasteiger partial charge in [-0.25, -0.2) is 13.2 Å². The van der Waals surface area contributed by atoms with E-state index in [0.717, 1.165) is 5.56 Å². The van der Waals surface area contributed by atoms with Crippen LogP contribution in [0.1, 0.15) is 5.56 Å². The molecule has 1 unspecified atom stereocenters. The molecule has 1 atom stereocenters. The van der Waals surface area contributed by atoms with Crippen molar-refractivity contribution in [3.8, 4) is 0 Å². The first-order valence-electron chi connectivity index (χ1n) is 5.49. The Balaban J connectivity index is 2.88. The summed E-state index contributed by atoms with van der Waals surface area (Å²) in [6.07, 6.45) is -1.72. The van der Waals surface area contributed by atoms with Crippen molar-refractivity contribution in [2.75, 3.05) is 6.54 Å². The molecule has 0 fully saturated rings. The summed E-state index contributed by atoms with van der Waals surface area (Å²) < 4.78 is 25.8. The highest BCUT2D eigenvalue weighted by molar-refractivity contribution is 7.89. The summed E-state index contributed by atoms with van der Waals surface area (Å²) in [7, 11) is -4.06. The maximum atomic E-state index is 11.9. The third kappa shape index (κ3) is 4.61. The molecular weight excluding hydrogens is 288 g/mol. The van der Waals surface area contributed by atoms with Crippen LogP contribution in [-0.4, -0.2) is 43.3 Å². The number of rotatable bonds is 7. The van der Waals surface area contributed by atoms with Crippen molar-refractivity contribution in [2.24, 2.45) is 0 Å². The second-order valence-corrected chi connectivity index (χ2v) is 5.69. The molecule has 0 heterocycles. The first-order valence-corrected chi connectivity index (χ1v) is 6.97. The number of sulfonamides is 1. The van der Waals surface area contributed by atoms with Gasteiger partial charge in [0.05, 0.1) is 11.4 Å². The van der Waals surface area contributed by atoms with Crippen LogP contribution < -0.4 is 10.0 Å². The van der Waals surface area contributed by atoms with Gasteiger partial charge in [-0.1, -0.05) is 17.7 Å². The molecule has 0 saturated carbocycles. The molecule has 1 rings (SSSR count). The Morgan fingerprint density at radius 2 is 1.75 bits per heavy atom. The zero-order chi connectivity index (χ0) is 15.3. The Bertz CT molecular complexity index is 596. The van der Waals surface area contributed by atoms with Gasteiger partial charge in [-0.2, -0.15) is 4.72 Å². The van der Waals surface area contributed by atoms with Crippen molar-refractivity contribution in [3.63, 3.8) is 0 Å². The van der Waals surface area contributed by atoms with E-state index >= 15 is 0 Å². The Hall–Kier alpha value is -1.97. The molecule has 0 bridgehead atoms. The van der Waals surface area contributed by atoms with E-state index in [1.807, 2.05) is 4.72 Å². The zero-order valence-electron chi connectivity index (χ0n) is 10.5. The molecule has 1 aromatic rings. The average Bonchev–Trinajstić information content (AvgIpc) is 2.34. The van der Waals surface area contributed by atoms with Crippen LogP contribution in [0.25, 0.3) is 0 Å². The molecule has 4 N–H and O–H groups in total. The van der Waals surface area contributed by atoms with Gasteiger partial charge in [0.15, 0.2) is 6.17 Å². The average molecular weight is 302 g/mol. The fraction of sp³-hybridized carbons (Fsp3) is 0.273. The number of carboxylic acids is 2. The number of carboxylic acid groups (broad SMARTS) is 2. The summed E-state index contributed by atoms with van der Waals surface area (Å²) in [6, 6.07) is 5.78. The first-order chi connectivity index (χ1) is 9.22. The Morgan fingerprint density at radius 1 is 1.20 bits per heavy atom. The van der Waals surface area contributed by atoms with Gasteiger partial charge in [0.1, 0.15) is 0 Å². The van der Waals surface area contributed by atoms with Crippen molar-refractivity contribution in [1.29, 1.82) is 0 Å². The predicted molar refractivity (Wildman–Crippen MR) is 68.6 cm³/mol. The minimum absolute atomic E-state index is 0.105. The van der Waals surface area contributed by atoms with E-state index in [9.17, 15) is 18.0 Å². The molecule has 110 valence electrons. The van der Waals surface area contributed by atoms with E-state index < -0.39 is 34.7 Å². The number of carbonyl (C=O) groups is 2. The first kappa shape index (κ1) is 16.1. The van der Waals surface area contributed by atoms with Crippen molar-refractivity contribution < 1.29 is 28.2 Å². The van der Waals surface area contributed by atoms with E-state index in [2.05, 4.69) is 5.32 Å². The number of hydrogen-bond acceptors (Lipinski definition) is 5. The van der Waals surface area contributed by atoms with Crippen LogP contribution in [0.2, 0.25) is 0 Å². The minimum Gasteiger partial charge on any atom is -0.480 e. The number of nitrogens with one attached hydrogen (secondary N) is 2. The second kappa shape index (κ2) is 6.46. The molecule has 0 radical (unpaired) electrons. The van der Waals surface area contributed by atoms with Crippen LogP contribution in [0.5, 0.6) is 0 Å². The lowest BCUT2D eigenvalue weighted by molar-refractivity contribution is -0.140. The standard InChI is InChI=1S/C11H14N2O6S/c1-7-2-4-8(5-3-7)20(18,19)13-10(11(16)17)12-6-9(14)15/h2-5,10,12-13H,6H2,1H3,(H,14,15)(H,16,17). The quantitative estimate of drug-likeness (QED) is 0.492. The minimum atomic E-state index is -4.06. The highest BCUT2D eigenvalue weighted by Gasteiger charge is 2.25. The van der Waals surface area contributed by atoms with Crippen LogP contribution in [0.3, 0.4) is 0 Å². The molecule has 0 aliphatic rings. The van der Waals surface area contributed by atoms with Crippen LogP contribution in [0.4, 0.5) is 0 Å². The van der Waals surface area contributed by atoms with Crippen LogP contribution in [0, 0.1) is 6.92 Å². The lowest BCUT2D eigenvalue weighted by Gasteiger charge is -2.15. The van der Waals surface area contributed by atoms with Crippen molar-refractivity contribution >= 4 is 22.0 Å². The van der Waals surface area contributed by atoms with Crippen LogP contribution in [-0.2, 0) is 19.6 Å². The summed E-state index contributed by atoms with van der Waals surface area (Å²) in [4.78, 5) is 21.2. The molecule has 8 nitrogen and oxygen atoms in total. The third-order valence-corrected chi connectivity index (χ3v) is 3.75. The lowest BCUT2D eigenvalue weighted by atomic mass is 10.2. The van der Waals surface area contributed by atoms with Crippen molar-refractivity contribution in [2.45, 2.75) is 18.0 Å². The lowest BCUT2D eigenvalue weighted by Crippen LogP contribution is -2.51. The van der Waals surface area contributed by atoms with Gasteiger partial charge in [0.25, 0.3) is 0 Å². The maximum Gasteiger partial charge on any atom is 0.336 e. The number of aliphatic carboxylic acids is 2. The summed E-state index contributed by atoms with van der Waals surface area (Å²) >= 11 is 0. The molecule has 1 aromatic carbocycles. The predicted octanol–water partition coefficient (Wildman–Crippen LogP) is -0.642. The molecule has 0 aromatic heterocycles. The normalized spacial score (nSPS) is 12.8. The van der Waals surface area contributed by atoms with Gasteiger partial charge in [0.2, 0.25) is 10.0 Å². The summed E-state index contributed by atoms with van der Waals surface area (Å²) in [5.74, 6) is -2.83. The maximum absolute atomic E-state index is 11.9. The monoisotopic (exact) mass is 302 g/mol. The van der Waals surface area contributed by atoms with Gasteiger partial charge in [-0.05, 0) is 19.1 Å². The Labute approximate surface area is 115 Å². The number of aryl methyl sites for hydroxylation is 1.